The zero-order valence-corrected chi connectivity index (χ0v) is 11.8. The predicted molar refractivity (Wildman–Crippen MR) is 72.3 cm³/mol. The Balaban J connectivity index is 2.72. The van der Waals surface area contributed by atoms with Crippen LogP contribution in [0.5, 0.6) is 5.75 Å². The number of fused-ring (bicyclic) bond motifs is 1. The van der Waals surface area contributed by atoms with E-state index in [-0.39, 0.29) is 16.4 Å². The highest BCUT2D eigenvalue weighted by atomic mass is 35.5. The minimum Gasteiger partial charge on any atom is -0.423 e. The van der Waals surface area contributed by atoms with Gasteiger partial charge in [0.25, 0.3) is 0 Å². The first-order valence-electron chi connectivity index (χ1n) is 5.46. The van der Waals surface area contributed by atoms with Gasteiger partial charge in [-0.3, -0.25) is 0 Å². The highest BCUT2D eigenvalue weighted by Crippen LogP contribution is 2.32. The number of aryl methyl sites for hydroxylation is 1. The van der Waals surface area contributed by atoms with Crippen LogP contribution in [0.25, 0.3) is 11.0 Å². The molecule has 0 N–H and O–H groups in total. The van der Waals surface area contributed by atoms with Gasteiger partial charge in [-0.25, -0.2) is 4.79 Å². The van der Waals surface area contributed by atoms with Gasteiger partial charge in [0, 0.05) is 17.5 Å². The fourth-order valence-corrected chi connectivity index (χ4v) is 2.46. The van der Waals surface area contributed by atoms with E-state index in [1.54, 1.807) is 0 Å². The van der Waals surface area contributed by atoms with Gasteiger partial charge in [-0.15, -0.1) is 0 Å². The van der Waals surface area contributed by atoms with Gasteiger partial charge < -0.3 is 8.60 Å². The van der Waals surface area contributed by atoms with E-state index in [0.717, 1.165) is 11.8 Å². The minimum absolute atomic E-state index is 0.0620. The quantitative estimate of drug-likeness (QED) is 0.643. The van der Waals surface area contributed by atoms with Gasteiger partial charge >= 0.3 is 15.7 Å². The smallest absolute Gasteiger partial charge is 0.336 e. The summed E-state index contributed by atoms with van der Waals surface area (Å²) < 4.78 is 32.0. The summed E-state index contributed by atoms with van der Waals surface area (Å²) in [5.41, 5.74) is 0.517. The summed E-state index contributed by atoms with van der Waals surface area (Å²) >= 11 is 5.97. The number of halogens is 1. The first-order chi connectivity index (χ1) is 8.80. The Morgan fingerprint density at radius 3 is 2.58 bits per heavy atom. The third-order valence-electron chi connectivity index (χ3n) is 2.50. The lowest BCUT2D eigenvalue weighted by Gasteiger charge is -2.08. The normalized spacial score (nSPS) is 11.7. The van der Waals surface area contributed by atoms with Crippen LogP contribution in [0.1, 0.15) is 12.5 Å². The molecule has 0 spiro atoms. The summed E-state index contributed by atoms with van der Waals surface area (Å²) in [4.78, 5) is 11.4. The zero-order valence-electron chi connectivity index (χ0n) is 10.3. The molecule has 1 aromatic carbocycles. The van der Waals surface area contributed by atoms with E-state index in [9.17, 15) is 13.2 Å². The molecule has 0 radical (unpaired) electrons. The average Bonchev–Trinajstić information content (AvgIpc) is 2.28. The summed E-state index contributed by atoms with van der Waals surface area (Å²) in [7, 11) is -3.70. The molecule has 2 rings (SSSR count). The van der Waals surface area contributed by atoms with Crippen molar-refractivity contribution in [2.24, 2.45) is 0 Å². The Labute approximate surface area is 114 Å². The van der Waals surface area contributed by atoms with Crippen LogP contribution < -0.4 is 9.81 Å². The van der Waals surface area contributed by atoms with E-state index in [4.69, 9.17) is 20.2 Å². The van der Waals surface area contributed by atoms with Crippen molar-refractivity contribution in [2.75, 3.05) is 6.26 Å². The Hall–Kier alpha value is -1.53. The molecule has 0 aliphatic heterocycles. The molecule has 1 aromatic heterocycles. The van der Waals surface area contributed by atoms with Crippen LogP contribution in [0.3, 0.4) is 0 Å². The molecule has 102 valence electrons. The van der Waals surface area contributed by atoms with Crippen LogP contribution in [-0.2, 0) is 16.5 Å². The Kier molecular flexibility index (Phi) is 3.56. The second kappa shape index (κ2) is 4.86. The first kappa shape index (κ1) is 13.9. The van der Waals surface area contributed by atoms with Crippen molar-refractivity contribution in [3.8, 4) is 5.75 Å². The van der Waals surface area contributed by atoms with E-state index in [0.29, 0.717) is 11.8 Å². The molecule has 1 heterocycles. The van der Waals surface area contributed by atoms with E-state index in [1.807, 2.05) is 6.92 Å². The molecule has 0 saturated heterocycles. The Morgan fingerprint density at radius 1 is 1.32 bits per heavy atom. The topological polar surface area (TPSA) is 73.6 Å². The number of hydrogen-bond acceptors (Lipinski definition) is 5. The molecular weight excluding hydrogens is 292 g/mol. The van der Waals surface area contributed by atoms with Gasteiger partial charge in [0.15, 0.2) is 5.75 Å². The van der Waals surface area contributed by atoms with E-state index in [2.05, 4.69) is 0 Å². The SMILES string of the molecule is CCc1cc(=O)oc2cc(OS(C)(=O)=O)c(Cl)cc12. The lowest BCUT2D eigenvalue weighted by Crippen LogP contribution is -2.06. The third kappa shape index (κ3) is 3.08. The molecule has 2 aromatic rings. The average molecular weight is 303 g/mol. The fourth-order valence-electron chi connectivity index (χ4n) is 1.75. The van der Waals surface area contributed by atoms with Gasteiger partial charge in [0.1, 0.15) is 5.58 Å². The molecule has 0 amide bonds. The van der Waals surface area contributed by atoms with Crippen molar-refractivity contribution in [2.45, 2.75) is 13.3 Å². The van der Waals surface area contributed by atoms with Crippen LogP contribution in [0.2, 0.25) is 5.02 Å². The second-order valence-corrected chi connectivity index (χ2v) is 5.99. The summed E-state index contributed by atoms with van der Waals surface area (Å²) in [5.74, 6) is -0.0620. The molecule has 0 aliphatic rings. The molecule has 5 nitrogen and oxygen atoms in total. The molecule has 0 aliphatic carbocycles. The summed E-state index contributed by atoms with van der Waals surface area (Å²) in [6.07, 6.45) is 1.54. The maximum Gasteiger partial charge on any atom is 0.336 e. The number of benzene rings is 1. The second-order valence-electron chi connectivity index (χ2n) is 4.01. The molecule has 7 heteroatoms. The molecule has 19 heavy (non-hydrogen) atoms. The van der Waals surface area contributed by atoms with Crippen molar-refractivity contribution in [3.05, 3.63) is 39.2 Å². The van der Waals surface area contributed by atoms with Crippen molar-refractivity contribution in [1.82, 2.24) is 0 Å². The lowest BCUT2D eigenvalue weighted by atomic mass is 10.1. The van der Waals surface area contributed by atoms with Crippen molar-refractivity contribution < 1.29 is 17.0 Å². The van der Waals surface area contributed by atoms with Crippen LogP contribution in [0.4, 0.5) is 0 Å². The molecule has 0 saturated carbocycles. The maximum atomic E-state index is 11.4. The Morgan fingerprint density at radius 2 is 2.00 bits per heavy atom. The highest BCUT2D eigenvalue weighted by Gasteiger charge is 2.13. The zero-order chi connectivity index (χ0) is 14.2. The van der Waals surface area contributed by atoms with E-state index >= 15 is 0 Å². The highest BCUT2D eigenvalue weighted by molar-refractivity contribution is 7.86. The standard InChI is InChI=1S/C12H11ClO5S/c1-3-7-4-12(14)17-10-6-11(18-19(2,15)16)9(13)5-8(7)10/h4-6H,3H2,1-2H3. The Bertz CT molecular complexity index is 792. The van der Waals surface area contributed by atoms with E-state index < -0.39 is 15.7 Å². The van der Waals surface area contributed by atoms with Crippen molar-refractivity contribution >= 4 is 32.7 Å². The fraction of sp³-hybridized carbons (Fsp3) is 0.250. The largest absolute Gasteiger partial charge is 0.423 e. The monoisotopic (exact) mass is 302 g/mol. The summed E-state index contributed by atoms with van der Waals surface area (Å²) in [6.45, 7) is 1.89. The molecule has 0 fully saturated rings. The molecule has 0 unspecified atom stereocenters. The van der Waals surface area contributed by atoms with E-state index in [1.165, 1.54) is 18.2 Å². The number of hydrogen-bond donors (Lipinski definition) is 0. The van der Waals surface area contributed by atoms with Crippen LogP contribution in [-0.4, -0.2) is 14.7 Å². The van der Waals surface area contributed by atoms with Gasteiger partial charge in [-0.2, -0.15) is 8.42 Å². The lowest BCUT2D eigenvalue weighted by molar-refractivity contribution is 0.492. The minimum atomic E-state index is -3.70. The van der Waals surface area contributed by atoms with Crippen LogP contribution in [0, 0.1) is 0 Å². The van der Waals surface area contributed by atoms with Crippen LogP contribution >= 0.6 is 11.6 Å². The van der Waals surface area contributed by atoms with Gasteiger partial charge in [0.2, 0.25) is 0 Å². The predicted octanol–water partition coefficient (Wildman–Crippen LogP) is 2.35. The summed E-state index contributed by atoms with van der Waals surface area (Å²) in [6, 6.07) is 4.22. The van der Waals surface area contributed by atoms with Crippen molar-refractivity contribution in [1.29, 1.82) is 0 Å². The van der Waals surface area contributed by atoms with Crippen LogP contribution in [0.15, 0.2) is 27.4 Å². The third-order valence-corrected chi connectivity index (χ3v) is 3.28. The maximum absolute atomic E-state index is 11.4. The first-order valence-corrected chi connectivity index (χ1v) is 7.65. The van der Waals surface area contributed by atoms with Gasteiger partial charge in [-0.1, -0.05) is 18.5 Å². The van der Waals surface area contributed by atoms with Gasteiger partial charge in [-0.05, 0) is 18.1 Å². The molecule has 0 atom stereocenters. The summed E-state index contributed by atoms with van der Waals surface area (Å²) in [5, 5.41) is 0.800. The molecule has 0 bridgehead atoms. The van der Waals surface area contributed by atoms with Crippen molar-refractivity contribution in [3.63, 3.8) is 0 Å². The van der Waals surface area contributed by atoms with Gasteiger partial charge in [0.05, 0.1) is 11.3 Å². The number of rotatable bonds is 3. The molecular formula is C12H11ClO5S.